The van der Waals surface area contributed by atoms with Crippen LogP contribution in [0.1, 0.15) is 33.6 Å². The highest BCUT2D eigenvalue weighted by molar-refractivity contribution is 6.36. The molecular weight excluding hydrogens is 374 g/mol. The average Bonchev–Trinajstić information content (AvgIpc) is 2.97. The first-order chi connectivity index (χ1) is 13.2. The van der Waals surface area contributed by atoms with E-state index in [0.29, 0.717) is 0 Å². The molecule has 1 aliphatic carbocycles. The normalized spacial score (nSPS) is 20.2. The number of carbonyl (C=O) groups is 6. The maximum Gasteiger partial charge on any atom is 0.365 e. The topological polar surface area (TPSA) is 153 Å². The lowest BCUT2D eigenvalue weighted by Gasteiger charge is -2.27. The molecule has 10 heteroatoms. The van der Waals surface area contributed by atoms with Gasteiger partial charge in [-0.3, -0.25) is 24.0 Å². The van der Waals surface area contributed by atoms with E-state index in [9.17, 15) is 28.8 Å². The van der Waals surface area contributed by atoms with Crippen molar-refractivity contribution in [2.45, 2.75) is 18.4 Å². The van der Waals surface area contributed by atoms with E-state index in [4.69, 9.17) is 9.84 Å². The van der Waals surface area contributed by atoms with Gasteiger partial charge >= 0.3 is 23.5 Å². The number of carboxylic acids is 1. The summed E-state index contributed by atoms with van der Waals surface area (Å²) in [5.41, 5.74) is -4.02. The lowest BCUT2D eigenvalue weighted by atomic mass is 9.81. The Balaban J connectivity index is 2.13. The monoisotopic (exact) mass is 387 g/mol. The van der Waals surface area contributed by atoms with Gasteiger partial charge in [-0.15, -0.1) is 0 Å². The zero-order chi connectivity index (χ0) is 20.6. The molecule has 0 saturated heterocycles. The smallest absolute Gasteiger partial charge is 0.365 e. The van der Waals surface area contributed by atoms with Gasteiger partial charge in [0.1, 0.15) is 5.70 Å². The second-order valence-corrected chi connectivity index (χ2v) is 5.95. The van der Waals surface area contributed by atoms with E-state index in [2.05, 4.69) is 10.1 Å². The summed E-state index contributed by atoms with van der Waals surface area (Å²) >= 11 is 0. The molecule has 1 aromatic carbocycles. The van der Waals surface area contributed by atoms with Crippen molar-refractivity contribution < 1.29 is 43.3 Å². The lowest BCUT2D eigenvalue weighted by Crippen LogP contribution is -2.54. The van der Waals surface area contributed by atoms with Gasteiger partial charge in [0.2, 0.25) is 5.78 Å². The van der Waals surface area contributed by atoms with Gasteiger partial charge in [0.15, 0.2) is 5.78 Å². The molecule has 1 atom stereocenters. The third kappa shape index (κ3) is 2.66. The summed E-state index contributed by atoms with van der Waals surface area (Å²) in [6, 6.07) is 5.71. The minimum Gasteiger partial charge on any atom is -0.481 e. The molecule has 0 aromatic heterocycles. The molecule has 1 aromatic rings. The van der Waals surface area contributed by atoms with Gasteiger partial charge < -0.3 is 19.9 Å². The fraction of sp³-hybridized carbons (Fsp3) is 0.222. The Labute approximate surface area is 157 Å². The van der Waals surface area contributed by atoms with Gasteiger partial charge in [0, 0.05) is 11.1 Å². The Bertz CT molecular complexity index is 991. The van der Waals surface area contributed by atoms with Gasteiger partial charge in [-0.1, -0.05) is 24.3 Å². The Morgan fingerprint density at radius 3 is 2.21 bits per heavy atom. The highest BCUT2D eigenvalue weighted by Crippen LogP contribution is 2.39. The second kappa shape index (κ2) is 6.72. The number of hydrogen-bond donors (Lipinski definition) is 2. The zero-order valence-electron chi connectivity index (χ0n) is 14.4. The first kappa shape index (κ1) is 19.0. The van der Waals surface area contributed by atoms with E-state index < -0.39 is 65.1 Å². The minimum atomic E-state index is -2.83. The van der Waals surface area contributed by atoms with Crippen LogP contribution in [0.2, 0.25) is 0 Å². The van der Waals surface area contributed by atoms with E-state index in [0.717, 1.165) is 7.11 Å². The van der Waals surface area contributed by atoms with Crippen LogP contribution in [-0.4, -0.2) is 53.2 Å². The summed E-state index contributed by atoms with van der Waals surface area (Å²) in [6.45, 7) is 0. The molecule has 3 rings (SSSR count). The molecule has 0 unspecified atom stereocenters. The number of Topliss-reactive ketones (excluding diaryl/α,β-unsaturated/α-hetero) is 2. The molecule has 0 radical (unpaired) electrons. The number of methoxy groups -OCH3 is 1. The minimum absolute atomic E-state index is 0.0180. The lowest BCUT2D eigenvalue weighted by molar-refractivity contribution is -0.179. The number of carboxylic acid groups (broad SMARTS) is 1. The van der Waals surface area contributed by atoms with Crippen molar-refractivity contribution in [1.82, 2.24) is 5.32 Å². The van der Waals surface area contributed by atoms with Gasteiger partial charge in [-0.2, -0.15) is 0 Å². The number of rotatable bonds is 5. The molecule has 28 heavy (non-hydrogen) atoms. The molecule has 0 saturated carbocycles. The Morgan fingerprint density at radius 2 is 1.64 bits per heavy atom. The quantitative estimate of drug-likeness (QED) is 0.515. The number of esters is 2. The molecule has 0 bridgehead atoms. The first-order valence-corrected chi connectivity index (χ1v) is 8.00. The summed E-state index contributed by atoms with van der Waals surface area (Å²) in [5, 5.41) is 10.8. The molecule has 2 N–H and O–H groups in total. The van der Waals surface area contributed by atoms with E-state index in [1.54, 1.807) is 0 Å². The van der Waals surface area contributed by atoms with E-state index in [1.165, 1.54) is 24.3 Å². The SMILES string of the molecule is COC(=O)[C@]1(OC(=O)CCC(=O)O)C(=O)NC2=C1C(=O)c1ccccc1C2=O. The average molecular weight is 387 g/mol. The largest absolute Gasteiger partial charge is 0.481 e. The number of ether oxygens (including phenoxy) is 2. The zero-order valence-corrected chi connectivity index (χ0v) is 14.4. The predicted octanol–water partition coefficient (Wildman–Crippen LogP) is -0.231. The van der Waals surface area contributed by atoms with Gasteiger partial charge in [-0.25, -0.2) is 4.79 Å². The van der Waals surface area contributed by atoms with Crippen molar-refractivity contribution in [2.24, 2.45) is 0 Å². The van der Waals surface area contributed by atoms with E-state index >= 15 is 0 Å². The number of allylic oxidation sites excluding steroid dienone is 1. The summed E-state index contributed by atoms with van der Waals surface area (Å²) in [7, 11) is 0.907. The maximum atomic E-state index is 13.0. The molecule has 1 amide bonds. The van der Waals surface area contributed by atoms with Crippen LogP contribution in [0, 0.1) is 0 Å². The molecule has 2 aliphatic rings. The number of amides is 1. The standard InChI is InChI=1S/C18H13NO9/c1-27-17(26)18(28-11(22)7-6-10(20)21)12-13(19-16(18)25)15(24)9-5-3-2-4-8(9)14(12)23/h2-5H,6-7H2,1H3,(H,19,25)(H,20,21)/t18-/m1/s1. The fourth-order valence-corrected chi connectivity index (χ4v) is 3.05. The summed E-state index contributed by atoms with van der Waals surface area (Å²) in [4.78, 5) is 73.5. The maximum absolute atomic E-state index is 13.0. The number of ketones is 2. The first-order valence-electron chi connectivity index (χ1n) is 8.00. The molecule has 1 heterocycles. The number of fused-ring (bicyclic) bond motifs is 1. The molecule has 0 spiro atoms. The van der Waals surface area contributed by atoms with E-state index in [-0.39, 0.29) is 11.1 Å². The predicted molar refractivity (Wildman–Crippen MR) is 88.0 cm³/mol. The van der Waals surface area contributed by atoms with Gasteiger partial charge in [0.05, 0.1) is 25.5 Å². The number of nitrogens with one attached hydrogen (secondary N) is 1. The number of benzene rings is 1. The van der Waals surface area contributed by atoms with E-state index in [1.807, 2.05) is 0 Å². The molecular formula is C18H13NO9. The van der Waals surface area contributed by atoms with Crippen molar-refractivity contribution in [2.75, 3.05) is 7.11 Å². The number of hydrogen-bond acceptors (Lipinski definition) is 8. The second-order valence-electron chi connectivity index (χ2n) is 5.95. The highest BCUT2D eigenvalue weighted by atomic mass is 16.6. The van der Waals surface area contributed by atoms with Crippen LogP contribution in [0.25, 0.3) is 0 Å². The van der Waals surface area contributed by atoms with Crippen molar-refractivity contribution in [3.63, 3.8) is 0 Å². The van der Waals surface area contributed by atoms with Crippen molar-refractivity contribution in [3.8, 4) is 0 Å². The highest BCUT2D eigenvalue weighted by Gasteiger charge is 2.64. The molecule has 10 nitrogen and oxygen atoms in total. The van der Waals surface area contributed by atoms with Crippen LogP contribution in [0.5, 0.6) is 0 Å². The van der Waals surface area contributed by atoms with Crippen LogP contribution >= 0.6 is 0 Å². The Kier molecular flexibility index (Phi) is 4.55. The van der Waals surface area contributed by atoms with Crippen molar-refractivity contribution >= 4 is 35.4 Å². The number of aliphatic carboxylic acids is 1. The number of carbonyl (C=O) groups excluding carboxylic acids is 5. The van der Waals surface area contributed by atoms with Crippen molar-refractivity contribution in [1.29, 1.82) is 0 Å². The molecule has 0 fully saturated rings. The van der Waals surface area contributed by atoms with Crippen LogP contribution in [0.15, 0.2) is 35.5 Å². The van der Waals surface area contributed by atoms with Crippen LogP contribution in [0.4, 0.5) is 0 Å². The van der Waals surface area contributed by atoms with Gasteiger partial charge in [0.25, 0.3) is 5.91 Å². The van der Waals surface area contributed by atoms with Crippen molar-refractivity contribution in [3.05, 3.63) is 46.7 Å². The Hall–Kier alpha value is -3.82. The van der Waals surface area contributed by atoms with Crippen LogP contribution in [0.3, 0.4) is 0 Å². The summed E-state index contributed by atoms with van der Waals surface area (Å²) < 4.78 is 9.56. The summed E-state index contributed by atoms with van der Waals surface area (Å²) in [5.74, 6) is -6.76. The molecule has 144 valence electrons. The summed E-state index contributed by atoms with van der Waals surface area (Å²) in [6.07, 6.45) is -1.29. The fourth-order valence-electron chi connectivity index (χ4n) is 3.05. The molecule has 1 aliphatic heterocycles. The Morgan fingerprint density at radius 1 is 1.04 bits per heavy atom. The van der Waals surface area contributed by atoms with Gasteiger partial charge in [-0.05, 0) is 0 Å². The third-order valence-corrected chi connectivity index (χ3v) is 4.31. The van der Waals surface area contributed by atoms with Crippen LogP contribution < -0.4 is 5.32 Å². The third-order valence-electron chi connectivity index (χ3n) is 4.31. The van der Waals surface area contributed by atoms with Crippen LogP contribution in [-0.2, 0) is 28.7 Å².